The highest BCUT2D eigenvalue weighted by Crippen LogP contribution is 2.16. The molecule has 6 nitrogen and oxygen atoms in total. The van der Waals surface area contributed by atoms with E-state index in [-0.39, 0.29) is 5.91 Å². The predicted octanol–water partition coefficient (Wildman–Crippen LogP) is 11.8. The highest BCUT2D eigenvalue weighted by molar-refractivity contribution is 7.85. The van der Waals surface area contributed by atoms with Crippen LogP contribution in [-0.2, 0) is 14.9 Å². The Hall–Kier alpha value is -0.920. The van der Waals surface area contributed by atoms with E-state index in [2.05, 4.69) is 31.3 Å². The van der Waals surface area contributed by atoms with Crippen LogP contribution in [0.2, 0.25) is 0 Å². The van der Waals surface area contributed by atoms with Crippen LogP contribution >= 0.6 is 0 Å². The minimum atomic E-state index is -4.31. The lowest BCUT2D eigenvalue weighted by atomic mass is 10.0. The zero-order valence-corrected chi connectivity index (χ0v) is 32.0. The molecule has 0 aliphatic heterocycles. The van der Waals surface area contributed by atoms with Crippen LogP contribution in [-0.4, -0.2) is 41.9 Å². The lowest BCUT2D eigenvalue weighted by molar-refractivity contribution is -0.122. The minimum Gasteiger partial charge on any atom is -0.391 e. The van der Waals surface area contributed by atoms with E-state index >= 15 is 0 Å². The van der Waals surface area contributed by atoms with Gasteiger partial charge in [0.25, 0.3) is 10.1 Å². The first-order valence-electron chi connectivity index (χ1n) is 20.4. The molecule has 2 unspecified atom stereocenters. The molecular weight excluding hydrogens is 607 g/mol. The Labute approximate surface area is 292 Å². The summed E-state index contributed by atoms with van der Waals surface area (Å²) in [5.74, 6) is -0.900. The third-order valence-electron chi connectivity index (χ3n) is 9.47. The van der Waals surface area contributed by atoms with Gasteiger partial charge < -0.3 is 10.4 Å². The number of aliphatic hydroxyl groups is 1. The van der Waals surface area contributed by atoms with Gasteiger partial charge in [0.2, 0.25) is 5.91 Å². The monoisotopic (exact) mass is 686 g/mol. The molecule has 1 amide bonds. The summed E-state index contributed by atoms with van der Waals surface area (Å²) in [6.07, 6.45) is 41.6. The first kappa shape index (κ1) is 46.1. The van der Waals surface area contributed by atoms with Gasteiger partial charge in [-0.2, -0.15) is 8.42 Å². The SMILES string of the molecule is CCCCCCC/C=C\CCCCCCCC(=O)NC(CS(=O)(=O)O)C(O)CCCCCCCCCCCCCCCCCCCC. The Morgan fingerprint density at radius 3 is 1.28 bits per heavy atom. The van der Waals surface area contributed by atoms with Gasteiger partial charge in [-0.15, -0.1) is 0 Å². The minimum absolute atomic E-state index is 0.252. The summed E-state index contributed by atoms with van der Waals surface area (Å²) in [4.78, 5) is 12.5. The van der Waals surface area contributed by atoms with Crippen LogP contribution < -0.4 is 5.32 Å². The van der Waals surface area contributed by atoms with Crippen molar-refractivity contribution in [1.29, 1.82) is 0 Å². The molecule has 0 fully saturated rings. The third kappa shape index (κ3) is 36.2. The van der Waals surface area contributed by atoms with E-state index in [1.54, 1.807) is 0 Å². The molecule has 280 valence electrons. The van der Waals surface area contributed by atoms with Crippen molar-refractivity contribution in [1.82, 2.24) is 5.32 Å². The predicted molar refractivity (Wildman–Crippen MR) is 203 cm³/mol. The molecule has 47 heavy (non-hydrogen) atoms. The van der Waals surface area contributed by atoms with Crippen LogP contribution in [0.1, 0.15) is 219 Å². The molecule has 0 radical (unpaired) electrons. The molecular formula is C40H79NO5S. The molecule has 0 aromatic rings. The van der Waals surface area contributed by atoms with Crippen molar-refractivity contribution in [2.75, 3.05) is 5.75 Å². The summed E-state index contributed by atoms with van der Waals surface area (Å²) >= 11 is 0. The molecule has 0 aromatic heterocycles. The van der Waals surface area contributed by atoms with E-state index in [0.717, 1.165) is 51.4 Å². The van der Waals surface area contributed by atoms with Crippen molar-refractivity contribution >= 4 is 16.0 Å². The van der Waals surface area contributed by atoms with Crippen molar-refractivity contribution < 1.29 is 22.9 Å². The zero-order chi connectivity index (χ0) is 34.7. The van der Waals surface area contributed by atoms with E-state index in [4.69, 9.17) is 0 Å². The molecule has 2 atom stereocenters. The van der Waals surface area contributed by atoms with Gasteiger partial charge in [-0.3, -0.25) is 9.35 Å². The molecule has 0 saturated heterocycles. The maximum atomic E-state index is 12.5. The van der Waals surface area contributed by atoms with Crippen LogP contribution in [0, 0.1) is 0 Å². The Kier molecular flexibility index (Phi) is 34.2. The number of carbonyl (C=O) groups excluding carboxylic acids is 1. The van der Waals surface area contributed by atoms with E-state index in [1.165, 1.54) is 141 Å². The molecule has 0 rings (SSSR count). The fraction of sp³-hybridized carbons (Fsp3) is 0.925. The largest absolute Gasteiger partial charge is 0.391 e. The smallest absolute Gasteiger partial charge is 0.266 e. The van der Waals surface area contributed by atoms with Crippen LogP contribution in [0.4, 0.5) is 0 Å². The summed E-state index contributed by atoms with van der Waals surface area (Å²) in [6, 6.07) is -0.971. The third-order valence-corrected chi connectivity index (χ3v) is 10.3. The fourth-order valence-electron chi connectivity index (χ4n) is 6.39. The number of carbonyl (C=O) groups is 1. The highest BCUT2D eigenvalue weighted by Gasteiger charge is 2.26. The highest BCUT2D eigenvalue weighted by atomic mass is 32.2. The molecule has 0 aliphatic carbocycles. The molecule has 0 heterocycles. The average molecular weight is 686 g/mol. The van der Waals surface area contributed by atoms with Crippen molar-refractivity contribution in [2.45, 2.75) is 231 Å². The molecule has 0 spiro atoms. The number of rotatable bonds is 37. The second-order valence-corrected chi connectivity index (χ2v) is 15.8. The van der Waals surface area contributed by atoms with Crippen LogP contribution in [0.25, 0.3) is 0 Å². The van der Waals surface area contributed by atoms with Gasteiger partial charge in [0.05, 0.1) is 17.9 Å². The van der Waals surface area contributed by atoms with Crippen molar-refractivity contribution in [2.24, 2.45) is 0 Å². The summed E-state index contributed by atoms with van der Waals surface area (Å²) < 4.78 is 32.5. The second-order valence-electron chi connectivity index (χ2n) is 14.3. The number of amides is 1. The Bertz CT molecular complexity index is 800. The lowest BCUT2D eigenvalue weighted by Crippen LogP contribution is -2.47. The van der Waals surface area contributed by atoms with Gasteiger partial charge in [0.1, 0.15) is 0 Å². The van der Waals surface area contributed by atoms with Crippen molar-refractivity contribution in [3.63, 3.8) is 0 Å². The molecule has 0 aromatic carbocycles. The maximum Gasteiger partial charge on any atom is 0.266 e. The molecule has 0 aliphatic rings. The van der Waals surface area contributed by atoms with Crippen molar-refractivity contribution in [3.05, 3.63) is 12.2 Å². The Balaban J connectivity index is 3.85. The van der Waals surface area contributed by atoms with E-state index in [9.17, 15) is 22.9 Å². The normalized spacial score (nSPS) is 13.4. The summed E-state index contributed by atoms with van der Waals surface area (Å²) in [5.41, 5.74) is 0. The maximum absolute atomic E-state index is 12.5. The number of allylic oxidation sites excluding steroid dienone is 2. The summed E-state index contributed by atoms with van der Waals surface area (Å²) in [5, 5.41) is 13.3. The quantitative estimate of drug-likeness (QED) is 0.0343. The lowest BCUT2D eigenvalue weighted by Gasteiger charge is -2.23. The van der Waals surface area contributed by atoms with Gasteiger partial charge in [0.15, 0.2) is 0 Å². The average Bonchev–Trinajstić information content (AvgIpc) is 3.03. The van der Waals surface area contributed by atoms with Gasteiger partial charge in [-0.1, -0.05) is 187 Å². The van der Waals surface area contributed by atoms with Gasteiger partial charge in [0, 0.05) is 6.42 Å². The number of hydrogen-bond acceptors (Lipinski definition) is 4. The number of unbranched alkanes of at least 4 members (excludes halogenated alkanes) is 27. The van der Waals surface area contributed by atoms with E-state index < -0.39 is 28.0 Å². The van der Waals surface area contributed by atoms with Crippen LogP contribution in [0.5, 0.6) is 0 Å². The van der Waals surface area contributed by atoms with E-state index in [0.29, 0.717) is 12.8 Å². The summed E-state index contributed by atoms with van der Waals surface area (Å²) in [6.45, 7) is 4.51. The van der Waals surface area contributed by atoms with Gasteiger partial charge in [-0.05, 0) is 38.5 Å². The van der Waals surface area contributed by atoms with Gasteiger partial charge >= 0.3 is 0 Å². The van der Waals surface area contributed by atoms with E-state index in [1.807, 2.05) is 0 Å². The number of aliphatic hydroxyl groups excluding tert-OH is 1. The topological polar surface area (TPSA) is 104 Å². The first-order chi connectivity index (χ1) is 22.8. The molecule has 3 N–H and O–H groups in total. The molecule has 0 bridgehead atoms. The zero-order valence-electron chi connectivity index (χ0n) is 31.2. The number of hydrogen-bond donors (Lipinski definition) is 3. The Morgan fingerprint density at radius 2 is 0.894 bits per heavy atom. The van der Waals surface area contributed by atoms with Gasteiger partial charge in [-0.25, -0.2) is 0 Å². The second kappa shape index (κ2) is 34.9. The van der Waals surface area contributed by atoms with Crippen molar-refractivity contribution in [3.8, 4) is 0 Å². The Morgan fingerprint density at radius 1 is 0.553 bits per heavy atom. The summed E-state index contributed by atoms with van der Waals surface area (Å²) in [7, 11) is -4.31. The first-order valence-corrected chi connectivity index (χ1v) is 22.0. The number of nitrogens with one attached hydrogen (secondary N) is 1. The van der Waals surface area contributed by atoms with Crippen LogP contribution in [0.15, 0.2) is 12.2 Å². The fourth-order valence-corrected chi connectivity index (χ4v) is 7.15. The molecule has 7 heteroatoms. The standard InChI is InChI=1S/C40H79NO5S/c1-3-5-7-9-11-13-15-17-19-20-21-22-23-25-27-29-31-33-35-39(42)38(37-47(44,45)46)41-40(43)36-34-32-30-28-26-24-18-16-14-12-10-8-6-4-2/h16,18,38-39,42H,3-15,17,19-37H2,1-2H3,(H,41,43)(H,44,45,46)/b18-16-. The van der Waals surface area contributed by atoms with Crippen LogP contribution in [0.3, 0.4) is 0 Å². The molecule has 0 saturated carbocycles.